The molecule has 3 atom stereocenters. The molecule has 0 amide bonds. The number of aliphatic hydroxyl groups is 1. The van der Waals surface area contributed by atoms with Crippen LogP contribution in [-0.2, 0) is 5.41 Å². The molecule has 0 bridgehead atoms. The van der Waals surface area contributed by atoms with E-state index in [1.807, 2.05) is 13.0 Å². The van der Waals surface area contributed by atoms with Crippen molar-refractivity contribution in [3.63, 3.8) is 0 Å². The molecule has 3 fully saturated rings. The number of hydrogen-bond acceptors (Lipinski definition) is 4. The zero-order valence-corrected chi connectivity index (χ0v) is 16.5. The Kier molecular flexibility index (Phi) is 4.57. The molecule has 2 aliphatic heterocycles. The first-order valence-corrected chi connectivity index (χ1v) is 10.4. The van der Waals surface area contributed by atoms with Gasteiger partial charge in [-0.3, -0.25) is 4.90 Å². The Bertz CT molecular complexity index is 687. The van der Waals surface area contributed by atoms with Crippen LogP contribution < -0.4 is 5.32 Å². The van der Waals surface area contributed by atoms with Crippen molar-refractivity contribution in [3.8, 4) is 5.75 Å². The van der Waals surface area contributed by atoms with Gasteiger partial charge in [-0.1, -0.05) is 6.07 Å². The van der Waals surface area contributed by atoms with Crippen LogP contribution in [0.5, 0.6) is 5.75 Å². The highest BCUT2D eigenvalue weighted by molar-refractivity contribution is 5.47. The van der Waals surface area contributed by atoms with Gasteiger partial charge in [0.25, 0.3) is 0 Å². The van der Waals surface area contributed by atoms with Crippen LogP contribution >= 0.6 is 0 Å². The fourth-order valence-electron chi connectivity index (χ4n) is 5.68. The lowest BCUT2D eigenvalue weighted by atomic mass is 9.57. The summed E-state index contributed by atoms with van der Waals surface area (Å²) >= 11 is 0. The van der Waals surface area contributed by atoms with E-state index in [0.717, 1.165) is 62.5 Å². The molecular formula is C22H34N2O2. The minimum atomic E-state index is -0.768. The van der Waals surface area contributed by atoms with Crippen molar-refractivity contribution in [3.05, 3.63) is 28.8 Å². The van der Waals surface area contributed by atoms with Crippen LogP contribution in [0.3, 0.4) is 0 Å². The number of piperidine rings is 1. The van der Waals surface area contributed by atoms with Crippen molar-refractivity contribution in [2.45, 2.75) is 69.9 Å². The van der Waals surface area contributed by atoms with Gasteiger partial charge in [0.1, 0.15) is 5.75 Å². The molecule has 1 aliphatic carbocycles. The van der Waals surface area contributed by atoms with Gasteiger partial charge in [-0.15, -0.1) is 0 Å². The molecule has 4 rings (SSSR count). The standard InChI is InChI=1S/C22H34N2O2/c1-15-12-16(2)20(25)13-19(15)21-6-9-23-10-7-22(21,26)17(3)24(11-8-21)14-18-4-5-18/h12-13,17-18,23,25-26H,4-11,14H2,1-3H3. The number of nitrogens with one attached hydrogen (secondary N) is 1. The maximum atomic E-state index is 12.2. The van der Waals surface area contributed by atoms with Gasteiger partial charge < -0.3 is 15.5 Å². The lowest BCUT2D eigenvalue weighted by Crippen LogP contribution is -2.68. The molecule has 3 unspecified atom stereocenters. The molecule has 2 saturated heterocycles. The van der Waals surface area contributed by atoms with Crippen LogP contribution in [-0.4, -0.2) is 52.9 Å². The second-order valence-corrected chi connectivity index (χ2v) is 9.07. The number of phenolic OH excluding ortho intramolecular Hbond substituents is 1. The molecular weight excluding hydrogens is 324 g/mol. The average Bonchev–Trinajstić information content (AvgIpc) is 3.42. The molecule has 1 aromatic rings. The summed E-state index contributed by atoms with van der Waals surface area (Å²) in [6.45, 7) is 10.3. The third-order valence-electron chi connectivity index (χ3n) is 7.55. The van der Waals surface area contributed by atoms with E-state index in [9.17, 15) is 10.2 Å². The molecule has 0 spiro atoms. The quantitative estimate of drug-likeness (QED) is 0.778. The smallest absolute Gasteiger partial charge is 0.118 e. The van der Waals surface area contributed by atoms with Gasteiger partial charge in [-0.05, 0) is 101 Å². The van der Waals surface area contributed by atoms with E-state index >= 15 is 0 Å². The Hall–Kier alpha value is -1.10. The van der Waals surface area contributed by atoms with Crippen molar-refractivity contribution in [2.24, 2.45) is 5.92 Å². The highest BCUT2D eigenvalue weighted by Crippen LogP contribution is 2.52. The molecule has 144 valence electrons. The number of rotatable bonds is 3. The average molecular weight is 359 g/mol. The lowest BCUT2D eigenvalue weighted by molar-refractivity contribution is -0.136. The van der Waals surface area contributed by atoms with Crippen molar-refractivity contribution >= 4 is 0 Å². The molecule has 26 heavy (non-hydrogen) atoms. The molecule has 3 N–H and O–H groups in total. The number of aromatic hydroxyl groups is 1. The molecule has 0 aromatic heterocycles. The summed E-state index contributed by atoms with van der Waals surface area (Å²) in [5.74, 6) is 1.19. The minimum Gasteiger partial charge on any atom is -0.508 e. The van der Waals surface area contributed by atoms with Gasteiger partial charge in [-0.25, -0.2) is 0 Å². The third-order valence-corrected chi connectivity index (χ3v) is 7.55. The molecule has 1 aromatic carbocycles. The summed E-state index contributed by atoms with van der Waals surface area (Å²) in [6, 6.07) is 4.17. The van der Waals surface area contributed by atoms with Gasteiger partial charge >= 0.3 is 0 Å². The highest BCUT2D eigenvalue weighted by Gasteiger charge is 2.59. The van der Waals surface area contributed by atoms with E-state index < -0.39 is 5.60 Å². The number of hydrogen-bond donors (Lipinski definition) is 3. The molecule has 0 radical (unpaired) electrons. The van der Waals surface area contributed by atoms with Gasteiger partial charge in [-0.2, -0.15) is 0 Å². The van der Waals surface area contributed by atoms with Crippen LogP contribution in [0.2, 0.25) is 0 Å². The van der Waals surface area contributed by atoms with E-state index in [0.29, 0.717) is 5.75 Å². The van der Waals surface area contributed by atoms with E-state index in [1.165, 1.54) is 18.4 Å². The lowest BCUT2D eigenvalue weighted by Gasteiger charge is -2.58. The largest absolute Gasteiger partial charge is 0.508 e. The zero-order valence-electron chi connectivity index (χ0n) is 16.5. The summed E-state index contributed by atoms with van der Waals surface area (Å²) in [6.07, 6.45) is 5.35. The van der Waals surface area contributed by atoms with Crippen LogP contribution in [0, 0.1) is 19.8 Å². The minimum absolute atomic E-state index is 0.139. The fourth-order valence-corrected chi connectivity index (χ4v) is 5.68. The van der Waals surface area contributed by atoms with Crippen LogP contribution in [0.15, 0.2) is 12.1 Å². The van der Waals surface area contributed by atoms with Crippen LogP contribution in [0.1, 0.15) is 55.7 Å². The molecule has 4 nitrogen and oxygen atoms in total. The van der Waals surface area contributed by atoms with E-state index in [4.69, 9.17) is 0 Å². The summed E-state index contributed by atoms with van der Waals surface area (Å²) in [7, 11) is 0. The number of likely N-dealkylation sites (tertiary alicyclic amines) is 1. The second kappa shape index (κ2) is 6.50. The SMILES string of the molecule is Cc1cc(C)c(C23CCNCCC2(O)C(C)N(CC2CC2)CC3)cc1O. The van der Waals surface area contributed by atoms with Gasteiger partial charge in [0, 0.05) is 18.0 Å². The number of fused-ring (bicyclic) bond motifs is 1. The highest BCUT2D eigenvalue weighted by atomic mass is 16.3. The Morgan fingerprint density at radius 3 is 2.58 bits per heavy atom. The van der Waals surface area contributed by atoms with E-state index in [1.54, 1.807) is 0 Å². The summed E-state index contributed by atoms with van der Waals surface area (Å²) in [4.78, 5) is 2.53. The first-order chi connectivity index (χ1) is 12.4. The second-order valence-electron chi connectivity index (χ2n) is 9.07. The van der Waals surface area contributed by atoms with Crippen molar-refractivity contribution in [1.82, 2.24) is 10.2 Å². The monoisotopic (exact) mass is 358 g/mol. The van der Waals surface area contributed by atoms with Crippen molar-refractivity contribution in [1.29, 1.82) is 0 Å². The Labute approximate surface area is 157 Å². The van der Waals surface area contributed by atoms with Crippen LogP contribution in [0.4, 0.5) is 0 Å². The normalized spacial score (nSPS) is 35.8. The number of nitrogens with zero attached hydrogens (tertiary/aromatic N) is 1. The van der Waals surface area contributed by atoms with Crippen LogP contribution in [0.25, 0.3) is 0 Å². The fraction of sp³-hybridized carbons (Fsp3) is 0.727. The van der Waals surface area contributed by atoms with E-state index in [2.05, 4.69) is 30.1 Å². The summed E-state index contributed by atoms with van der Waals surface area (Å²) in [5, 5.41) is 26.1. The number of aryl methyl sites for hydroxylation is 2. The van der Waals surface area contributed by atoms with Crippen molar-refractivity contribution in [2.75, 3.05) is 26.2 Å². The van der Waals surface area contributed by atoms with Gasteiger partial charge in [0.15, 0.2) is 0 Å². The molecule has 2 heterocycles. The molecule has 4 heteroatoms. The van der Waals surface area contributed by atoms with E-state index in [-0.39, 0.29) is 11.5 Å². The third kappa shape index (κ3) is 2.78. The topological polar surface area (TPSA) is 55.7 Å². The Morgan fingerprint density at radius 1 is 1.12 bits per heavy atom. The predicted octanol–water partition coefficient (Wildman–Crippen LogP) is 2.87. The molecule has 1 saturated carbocycles. The first kappa shape index (κ1) is 18.3. The maximum Gasteiger partial charge on any atom is 0.118 e. The summed E-state index contributed by atoms with van der Waals surface area (Å²) < 4.78 is 0. The molecule has 3 aliphatic rings. The number of phenols is 1. The maximum absolute atomic E-state index is 12.2. The zero-order chi connectivity index (χ0) is 18.5. The Morgan fingerprint density at radius 2 is 1.85 bits per heavy atom. The summed E-state index contributed by atoms with van der Waals surface area (Å²) in [5.41, 5.74) is 2.21. The van der Waals surface area contributed by atoms with Crippen molar-refractivity contribution < 1.29 is 10.2 Å². The van der Waals surface area contributed by atoms with Gasteiger partial charge in [0.2, 0.25) is 0 Å². The first-order valence-electron chi connectivity index (χ1n) is 10.4. The predicted molar refractivity (Wildman–Crippen MR) is 105 cm³/mol. The Balaban J connectivity index is 1.79. The van der Waals surface area contributed by atoms with Gasteiger partial charge in [0.05, 0.1) is 5.60 Å². The number of benzene rings is 1.